The highest BCUT2D eigenvalue weighted by atomic mass is 16.5. The minimum atomic E-state index is -0.434. The summed E-state index contributed by atoms with van der Waals surface area (Å²) < 4.78 is 10.7. The largest absolute Gasteiger partial charge is 0.484 e. The van der Waals surface area contributed by atoms with Crippen LogP contribution in [0.15, 0.2) is 94.1 Å². The van der Waals surface area contributed by atoms with E-state index in [0.29, 0.717) is 17.0 Å². The van der Waals surface area contributed by atoms with Gasteiger partial charge in [-0.2, -0.15) is 0 Å². The third-order valence-corrected chi connectivity index (χ3v) is 4.65. The standard InChI is InChI=1S/C24H20N2O4/c1-26(18-7-3-2-4-8-18)21-10-6-5-9-20(21)25-23(27)16-29-19-13-11-17-12-14-24(28)30-22(17)15-19/h2-15H,16H2,1H3,(H,25,27). The smallest absolute Gasteiger partial charge is 0.336 e. The minimum absolute atomic E-state index is 0.175. The van der Waals surface area contributed by atoms with Crippen molar-refractivity contribution in [2.24, 2.45) is 0 Å². The molecule has 0 aliphatic rings. The van der Waals surface area contributed by atoms with Crippen molar-refractivity contribution in [3.8, 4) is 5.75 Å². The SMILES string of the molecule is CN(c1ccccc1)c1ccccc1NC(=O)COc1ccc2ccc(=O)oc2c1. The number of para-hydroxylation sites is 3. The Hall–Kier alpha value is -4.06. The van der Waals surface area contributed by atoms with Gasteiger partial charge in [0.15, 0.2) is 6.61 Å². The summed E-state index contributed by atoms with van der Waals surface area (Å²) in [6.45, 7) is -0.175. The van der Waals surface area contributed by atoms with Crippen LogP contribution < -0.4 is 20.6 Å². The van der Waals surface area contributed by atoms with Crippen molar-refractivity contribution in [2.45, 2.75) is 0 Å². The highest BCUT2D eigenvalue weighted by molar-refractivity contribution is 5.96. The summed E-state index contributed by atoms with van der Waals surface area (Å²) in [5, 5.41) is 3.68. The summed E-state index contributed by atoms with van der Waals surface area (Å²) >= 11 is 0. The molecular weight excluding hydrogens is 380 g/mol. The summed E-state index contributed by atoms with van der Waals surface area (Å²) in [5.74, 6) is 0.153. The highest BCUT2D eigenvalue weighted by Gasteiger charge is 2.12. The average molecular weight is 400 g/mol. The Bertz CT molecular complexity index is 1230. The first-order valence-corrected chi connectivity index (χ1v) is 9.44. The molecule has 0 saturated carbocycles. The van der Waals surface area contributed by atoms with E-state index in [-0.39, 0.29) is 12.5 Å². The van der Waals surface area contributed by atoms with Crippen molar-refractivity contribution >= 4 is 33.9 Å². The number of benzene rings is 3. The lowest BCUT2D eigenvalue weighted by molar-refractivity contribution is -0.118. The zero-order valence-corrected chi connectivity index (χ0v) is 16.4. The number of rotatable bonds is 6. The Morgan fingerprint density at radius 3 is 2.53 bits per heavy atom. The lowest BCUT2D eigenvalue weighted by Gasteiger charge is -2.22. The van der Waals surface area contributed by atoms with E-state index in [1.165, 1.54) is 6.07 Å². The summed E-state index contributed by atoms with van der Waals surface area (Å²) in [5.41, 5.74) is 2.53. The maximum atomic E-state index is 12.5. The summed E-state index contributed by atoms with van der Waals surface area (Å²) in [7, 11) is 1.94. The fourth-order valence-corrected chi connectivity index (χ4v) is 3.13. The van der Waals surface area contributed by atoms with Crippen LogP contribution in [-0.4, -0.2) is 19.6 Å². The van der Waals surface area contributed by atoms with E-state index >= 15 is 0 Å². The quantitative estimate of drug-likeness (QED) is 0.480. The maximum absolute atomic E-state index is 12.5. The van der Waals surface area contributed by atoms with Gasteiger partial charge < -0.3 is 19.4 Å². The van der Waals surface area contributed by atoms with E-state index in [2.05, 4.69) is 5.32 Å². The van der Waals surface area contributed by atoms with Gasteiger partial charge in [0, 0.05) is 30.3 Å². The van der Waals surface area contributed by atoms with Crippen LogP contribution in [0.4, 0.5) is 17.1 Å². The highest BCUT2D eigenvalue weighted by Crippen LogP contribution is 2.30. The van der Waals surface area contributed by atoms with Crippen molar-refractivity contribution in [3.63, 3.8) is 0 Å². The maximum Gasteiger partial charge on any atom is 0.336 e. The molecule has 4 aromatic rings. The molecule has 1 heterocycles. The van der Waals surface area contributed by atoms with Gasteiger partial charge in [-0.1, -0.05) is 30.3 Å². The first kappa shape index (κ1) is 19.3. The number of nitrogens with zero attached hydrogens (tertiary/aromatic N) is 1. The van der Waals surface area contributed by atoms with Crippen LogP contribution in [-0.2, 0) is 4.79 Å². The number of carbonyl (C=O) groups excluding carboxylic acids is 1. The average Bonchev–Trinajstić information content (AvgIpc) is 2.78. The molecule has 1 N–H and O–H groups in total. The molecule has 0 saturated heterocycles. The summed E-state index contributed by atoms with van der Waals surface area (Å²) in [4.78, 5) is 25.9. The van der Waals surface area contributed by atoms with Crippen LogP contribution >= 0.6 is 0 Å². The predicted molar refractivity (Wildman–Crippen MR) is 118 cm³/mol. The summed E-state index contributed by atoms with van der Waals surface area (Å²) in [6, 6.07) is 25.6. The molecule has 30 heavy (non-hydrogen) atoms. The molecule has 0 radical (unpaired) electrons. The molecule has 6 heteroatoms. The Morgan fingerprint density at radius 2 is 1.70 bits per heavy atom. The molecule has 4 rings (SSSR count). The molecule has 1 amide bonds. The van der Waals surface area contributed by atoms with Crippen molar-refractivity contribution in [3.05, 3.63) is 95.3 Å². The molecule has 0 unspecified atom stereocenters. The van der Waals surface area contributed by atoms with E-state index in [9.17, 15) is 9.59 Å². The minimum Gasteiger partial charge on any atom is -0.484 e. The van der Waals surface area contributed by atoms with E-state index in [1.54, 1.807) is 24.3 Å². The van der Waals surface area contributed by atoms with Crippen LogP contribution in [0, 0.1) is 0 Å². The number of anilines is 3. The molecule has 0 bridgehead atoms. The van der Waals surface area contributed by atoms with Gasteiger partial charge >= 0.3 is 5.63 Å². The third kappa shape index (κ3) is 4.33. The Morgan fingerprint density at radius 1 is 0.967 bits per heavy atom. The van der Waals surface area contributed by atoms with Gasteiger partial charge in [0.05, 0.1) is 11.4 Å². The molecular formula is C24H20N2O4. The van der Waals surface area contributed by atoms with Gasteiger partial charge in [-0.05, 0) is 42.5 Å². The van der Waals surface area contributed by atoms with Gasteiger partial charge in [-0.25, -0.2) is 4.79 Å². The van der Waals surface area contributed by atoms with Crippen LogP contribution in [0.5, 0.6) is 5.75 Å². The van der Waals surface area contributed by atoms with Crippen molar-refractivity contribution in [1.82, 2.24) is 0 Å². The molecule has 0 aliphatic heterocycles. The van der Waals surface area contributed by atoms with Gasteiger partial charge in [0.1, 0.15) is 11.3 Å². The van der Waals surface area contributed by atoms with E-state index in [1.807, 2.05) is 66.5 Å². The molecule has 0 fully saturated rings. The number of ether oxygens (including phenoxy) is 1. The number of amides is 1. The molecule has 3 aromatic carbocycles. The number of nitrogens with one attached hydrogen (secondary N) is 1. The molecule has 0 spiro atoms. The second-order valence-corrected chi connectivity index (χ2v) is 6.70. The number of carbonyl (C=O) groups is 1. The first-order valence-electron chi connectivity index (χ1n) is 9.44. The fourth-order valence-electron chi connectivity index (χ4n) is 3.13. The van der Waals surface area contributed by atoms with Crippen molar-refractivity contribution in [1.29, 1.82) is 0 Å². The molecule has 1 aromatic heterocycles. The zero-order valence-electron chi connectivity index (χ0n) is 16.4. The van der Waals surface area contributed by atoms with Crippen molar-refractivity contribution in [2.75, 3.05) is 23.9 Å². The van der Waals surface area contributed by atoms with E-state index in [4.69, 9.17) is 9.15 Å². The number of hydrogen-bond acceptors (Lipinski definition) is 5. The van der Waals surface area contributed by atoms with Gasteiger partial charge in [-0.3, -0.25) is 4.79 Å². The van der Waals surface area contributed by atoms with Crippen LogP contribution in [0.2, 0.25) is 0 Å². The molecule has 0 atom stereocenters. The lowest BCUT2D eigenvalue weighted by Crippen LogP contribution is -2.22. The van der Waals surface area contributed by atoms with Crippen molar-refractivity contribution < 1.29 is 13.9 Å². The Labute approximate surface area is 173 Å². The van der Waals surface area contributed by atoms with Gasteiger partial charge in [-0.15, -0.1) is 0 Å². The van der Waals surface area contributed by atoms with Crippen LogP contribution in [0.3, 0.4) is 0 Å². The predicted octanol–water partition coefficient (Wildman–Crippen LogP) is 4.58. The second-order valence-electron chi connectivity index (χ2n) is 6.70. The first-order chi connectivity index (χ1) is 14.6. The summed E-state index contributed by atoms with van der Waals surface area (Å²) in [6.07, 6.45) is 0. The van der Waals surface area contributed by atoms with E-state index < -0.39 is 5.63 Å². The van der Waals surface area contributed by atoms with Crippen LogP contribution in [0.25, 0.3) is 11.0 Å². The fraction of sp³-hybridized carbons (Fsp3) is 0.0833. The lowest BCUT2D eigenvalue weighted by atomic mass is 10.2. The Kier molecular flexibility index (Phi) is 5.48. The number of hydrogen-bond donors (Lipinski definition) is 1. The Balaban J connectivity index is 1.45. The number of fused-ring (bicyclic) bond motifs is 1. The third-order valence-electron chi connectivity index (χ3n) is 4.65. The normalized spacial score (nSPS) is 10.6. The zero-order chi connectivity index (χ0) is 20.9. The van der Waals surface area contributed by atoms with Gasteiger partial charge in [0.2, 0.25) is 0 Å². The molecule has 150 valence electrons. The van der Waals surface area contributed by atoms with E-state index in [0.717, 1.165) is 16.8 Å². The molecule has 0 aliphatic carbocycles. The second kappa shape index (κ2) is 8.53. The topological polar surface area (TPSA) is 71.8 Å². The van der Waals surface area contributed by atoms with Crippen LogP contribution in [0.1, 0.15) is 0 Å². The molecule has 6 nitrogen and oxygen atoms in total. The van der Waals surface area contributed by atoms with Gasteiger partial charge in [0.25, 0.3) is 5.91 Å². The monoisotopic (exact) mass is 400 g/mol.